The van der Waals surface area contributed by atoms with E-state index in [1.807, 2.05) is 18.3 Å². The lowest BCUT2D eigenvalue weighted by Gasteiger charge is -2.03. The van der Waals surface area contributed by atoms with Gasteiger partial charge in [0.05, 0.1) is 11.2 Å². The average molecular weight is 227 g/mol. The van der Waals surface area contributed by atoms with E-state index in [0.717, 1.165) is 22.3 Å². The molecule has 0 saturated heterocycles. The second-order valence-electron chi connectivity index (χ2n) is 3.75. The summed E-state index contributed by atoms with van der Waals surface area (Å²) < 4.78 is 13.0. The summed E-state index contributed by atoms with van der Waals surface area (Å²) in [4.78, 5) is 6.98. The monoisotopic (exact) mass is 227 g/mol. The Morgan fingerprint density at radius 1 is 1.12 bits per heavy atom. The van der Waals surface area contributed by atoms with Crippen LogP contribution in [0.1, 0.15) is 0 Å². The van der Waals surface area contributed by atoms with Gasteiger partial charge in [0, 0.05) is 29.7 Å². The molecule has 0 radical (unpaired) electrons. The maximum Gasteiger partial charge on any atom is 0.125 e. The first-order valence-corrected chi connectivity index (χ1v) is 5.26. The van der Waals surface area contributed by atoms with E-state index in [1.54, 1.807) is 18.5 Å². The first-order chi connectivity index (χ1) is 8.33. The van der Waals surface area contributed by atoms with Crippen molar-refractivity contribution in [3.63, 3.8) is 0 Å². The molecule has 2 heterocycles. The highest BCUT2D eigenvalue weighted by molar-refractivity contribution is 5.94. The highest BCUT2D eigenvalue weighted by Crippen LogP contribution is 2.26. The Morgan fingerprint density at radius 2 is 1.94 bits per heavy atom. The lowest BCUT2D eigenvalue weighted by atomic mass is 10.2. The number of rotatable bonds is 2. The topological polar surface area (TPSA) is 40.7 Å². The molecule has 3 aromatic rings. The van der Waals surface area contributed by atoms with E-state index in [-0.39, 0.29) is 5.82 Å². The van der Waals surface area contributed by atoms with Gasteiger partial charge >= 0.3 is 0 Å². The molecule has 0 spiro atoms. The SMILES string of the molecule is Fc1ccc2c(Nc3ccncc3)c[nH]c2c1. The summed E-state index contributed by atoms with van der Waals surface area (Å²) >= 11 is 0. The van der Waals surface area contributed by atoms with Crippen molar-refractivity contribution in [3.05, 3.63) is 54.7 Å². The predicted molar refractivity (Wildman–Crippen MR) is 65.8 cm³/mol. The van der Waals surface area contributed by atoms with Gasteiger partial charge in [-0.3, -0.25) is 4.98 Å². The molecule has 17 heavy (non-hydrogen) atoms. The summed E-state index contributed by atoms with van der Waals surface area (Å²) in [5, 5.41) is 4.21. The second kappa shape index (κ2) is 3.90. The number of pyridine rings is 1. The summed E-state index contributed by atoms with van der Waals surface area (Å²) in [6.07, 6.45) is 5.26. The van der Waals surface area contributed by atoms with Gasteiger partial charge in [0.15, 0.2) is 0 Å². The van der Waals surface area contributed by atoms with E-state index in [0.29, 0.717) is 0 Å². The number of fused-ring (bicyclic) bond motifs is 1. The van der Waals surface area contributed by atoms with E-state index in [1.165, 1.54) is 12.1 Å². The molecule has 0 aliphatic carbocycles. The fourth-order valence-corrected chi connectivity index (χ4v) is 1.79. The summed E-state index contributed by atoms with van der Waals surface area (Å²) in [5.74, 6) is -0.241. The molecule has 0 amide bonds. The standard InChI is InChI=1S/C13H10FN3/c14-9-1-2-11-12(7-9)16-8-13(11)17-10-3-5-15-6-4-10/h1-8,16H,(H,15,17). The number of hydrogen-bond acceptors (Lipinski definition) is 2. The van der Waals surface area contributed by atoms with Gasteiger partial charge in [0.1, 0.15) is 5.82 Å². The fourth-order valence-electron chi connectivity index (χ4n) is 1.79. The van der Waals surface area contributed by atoms with Gasteiger partial charge in [-0.25, -0.2) is 4.39 Å². The van der Waals surface area contributed by atoms with Crippen LogP contribution in [0.4, 0.5) is 15.8 Å². The lowest BCUT2D eigenvalue weighted by Crippen LogP contribution is -1.88. The molecule has 0 bridgehead atoms. The number of hydrogen-bond donors (Lipinski definition) is 2. The zero-order valence-corrected chi connectivity index (χ0v) is 8.94. The molecule has 0 atom stereocenters. The summed E-state index contributed by atoms with van der Waals surface area (Å²) in [7, 11) is 0. The van der Waals surface area contributed by atoms with Crippen LogP contribution in [-0.4, -0.2) is 9.97 Å². The Kier molecular flexibility index (Phi) is 2.26. The van der Waals surface area contributed by atoms with Crippen LogP contribution in [0.3, 0.4) is 0 Å². The molecule has 0 aliphatic rings. The molecule has 4 heteroatoms. The number of benzene rings is 1. The third-order valence-electron chi connectivity index (χ3n) is 2.60. The maximum absolute atomic E-state index is 13.0. The Labute approximate surface area is 97.3 Å². The first-order valence-electron chi connectivity index (χ1n) is 5.26. The van der Waals surface area contributed by atoms with Gasteiger partial charge in [-0.15, -0.1) is 0 Å². The van der Waals surface area contributed by atoms with Crippen molar-refractivity contribution in [2.24, 2.45) is 0 Å². The molecule has 0 unspecified atom stereocenters. The van der Waals surface area contributed by atoms with Gasteiger partial charge in [0.25, 0.3) is 0 Å². The van der Waals surface area contributed by atoms with Crippen molar-refractivity contribution in [2.75, 3.05) is 5.32 Å². The van der Waals surface area contributed by atoms with Crippen molar-refractivity contribution >= 4 is 22.3 Å². The highest BCUT2D eigenvalue weighted by Gasteiger charge is 2.04. The van der Waals surface area contributed by atoms with Gasteiger partial charge in [0.2, 0.25) is 0 Å². The van der Waals surface area contributed by atoms with Crippen LogP contribution < -0.4 is 5.32 Å². The first kappa shape index (κ1) is 9.84. The Balaban J connectivity index is 2.01. The maximum atomic E-state index is 13.0. The Hall–Kier alpha value is -2.36. The third-order valence-corrected chi connectivity index (χ3v) is 2.60. The smallest absolute Gasteiger partial charge is 0.125 e. The minimum Gasteiger partial charge on any atom is -0.359 e. The normalized spacial score (nSPS) is 10.6. The number of anilines is 2. The van der Waals surface area contributed by atoms with Gasteiger partial charge in [-0.2, -0.15) is 0 Å². The molecule has 2 aromatic heterocycles. The lowest BCUT2D eigenvalue weighted by molar-refractivity contribution is 0.629. The van der Waals surface area contributed by atoms with Gasteiger partial charge in [-0.1, -0.05) is 0 Å². The average Bonchev–Trinajstić information content (AvgIpc) is 2.73. The summed E-state index contributed by atoms with van der Waals surface area (Å²) in [6.45, 7) is 0. The van der Waals surface area contributed by atoms with Crippen LogP contribution in [0, 0.1) is 5.82 Å². The number of aromatic nitrogens is 2. The van der Waals surface area contributed by atoms with E-state index < -0.39 is 0 Å². The van der Waals surface area contributed by atoms with Crippen LogP contribution in [0.25, 0.3) is 10.9 Å². The molecular formula is C13H10FN3. The van der Waals surface area contributed by atoms with E-state index >= 15 is 0 Å². The van der Waals surface area contributed by atoms with E-state index in [2.05, 4.69) is 15.3 Å². The van der Waals surface area contributed by atoms with E-state index in [9.17, 15) is 4.39 Å². The largest absolute Gasteiger partial charge is 0.359 e. The van der Waals surface area contributed by atoms with Crippen molar-refractivity contribution in [3.8, 4) is 0 Å². The van der Waals surface area contributed by atoms with Crippen molar-refractivity contribution in [1.29, 1.82) is 0 Å². The molecule has 2 N–H and O–H groups in total. The molecule has 0 fully saturated rings. The number of aromatic amines is 1. The molecule has 3 rings (SSSR count). The number of nitrogens with one attached hydrogen (secondary N) is 2. The number of H-pyrrole nitrogens is 1. The van der Waals surface area contributed by atoms with Crippen molar-refractivity contribution in [2.45, 2.75) is 0 Å². The van der Waals surface area contributed by atoms with Crippen LogP contribution in [-0.2, 0) is 0 Å². The third kappa shape index (κ3) is 1.85. The molecule has 3 nitrogen and oxygen atoms in total. The zero-order chi connectivity index (χ0) is 11.7. The minimum absolute atomic E-state index is 0.241. The summed E-state index contributed by atoms with van der Waals surface area (Å²) in [5.41, 5.74) is 2.65. The Bertz CT molecular complexity index is 646. The van der Waals surface area contributed by atoms with Crippen molar-refractivity contribution < 1.29 is 4.39 Å². The number of halogens is 1. The quantitative estimate of drug-likeness (QED) is 0.704. The second-order valence-corrected chi connectivity index (χ2v) is 3.75. The van der Waals surface area contributed by atoms with Crippen LogP contribution >= 0.6 is 0 Å². The van der Waals surface area contributed by atoms with Crippen molar-refractivity contribution in [1.82, 2.24) is 9.97 Å². The molecular weight excluding hydrogens is 217 g/mol. The zero-order valence-electron chi connectivity index (χ0n) is 8.94. The number of nitrogens with zero attached hydrogens (tertiary/aromatic N) is 1. The Morgan fingerprint density at radius 3 is 2.76 bits per heavy atom. The predicted octanol–water partition coefficient (Wildman–Crippen LogP) is 3.45. The highest BCUT2D eigenvalue weighted by atomic mass is 19.1. The minimum atomic E-state index is -0.241. The molecule has 0 saturated carbocycles. The molecule has 1 aromatic carbocycles. The summed E-state index contributed by atoms with van der Waals surface area (Å²) in [6, 6.07) is 8.44. The fraction of sp³-hybridized carbons (Fsp3) is 0. The van der Waals surface area contributed by atoms with Crippen LogP contribution in [0.5, 0.6) is 0 Å². The van der Waals surface area contributed by atoms with E-state index in [4.69, 9.17) is 0 Å². The molecule has 0 aliphatic heterocycles. The van der Waals surface area contributed by atoms with Crippen LogP contribution in [0.2, 0.25) is 0 Å². The van der Waals surface area contributed by atoms with Gasteiger partial charge in [-0.05, 0) is 30.3 Å². The molecule has 84 valence electrons. The van der Waals surface area contributed by atoms with Gasteiger partial charge < -0.3 is 10.3 Å². The van der Waals surface area contributed by atoms with Crippen LogP contribution in [0.15, 0.2) is 48.9 Å².